The van der Waals surface area contributed by atoms with E-state index in [1.54, 1.807) is 6.92 Å². The summed E-state index contributed by atoms with van der Waals surface area (Å²) in [5.41, 5.74) is 11.0. The SMILES string of the molecule is CCC(C)C(NC(=O)C(CCC(N)=O)NC(=O)C(N)CC(C)C)C(=O)NCC(=O)O. The van der Waals surface area contributed by atoms with Gasteiger partial charge in [-0.2, -0.15) is 0 Å². The Balaban J connectivity index is 5.36. The normalized spacial score (nSPS) is 14.9. The van der Waals surface area contributed by atoms with Crippen LogP contribution >= 0.6 is 0 Å². The molecular weight excluding hydrogens is 394 g/mol. The molecule has 0 aliphatic rings. The van der Waals surface area contributed by atoms with E-state index in [9.17, 15) is 24.0 Å². The molecule has 0 aliphatic heterocycles. The molecule has 0 aromatic rings. The minimum Gasteiger partial charge on any atom is -0.480 e. The molecule has 0 fully saturated rings. The Morgan fingerprint density at radius 1 is 0.967 bits per heavy atom. The number of aliphatic carboxylic acids is 1. The van der Waals surface area contributed by atoms with Crippen molar-refractivity contribution < 1.29 is 29.1 Å². The Morgan fingerprint density at radius 2 is 1.57 bits per heavy atom. The van der Waals surface area contributed by atoms with Crippen molar-refractivity contribution in [2.24, 2.45) is 23.3 Å². The first-order valence-electron chi connectivity index (χ1n) is 10.0. The molecule has 0 aromatic heterocycles. The molecule has 11 nitrogen and oxygen atoms in total. The highest BCUT2D eigenvalue weighted by Gasteiger charge is 2.31. The van der Waals surface area contributed by atoms with Gasteiger partial charge in [0.15, 0.2) is 0 Å². The highest BCUT2D eigenvalue weighted by Crippen LogP contribution is 2.10. The van der Waals surface area contributed by atoms with Gasteiger partial charge in [0, 0.05) is 6.42 Å². The fourth-order valence-electron chi connectivity index (χ4n) is 2.68. The minimum atomic E-state index is -1.22. The molecule has 4 atom stereocenters. The molecule has 0 heterocycles. The average Bonchev–Trinajstić information content (AvgIpc) is 2.65. The summed E-state index contributed by atoms with van der Waals surface area (Å²) in [6, 6.07) is -2.97. The van der Waals surface area contributed by atoms with Crippen molar-refractivity contribution >= 4 is 29.6 Å². The second-order valence-electron chi connectivity index (χ2n) is 7.79. The second kappa shape index (κ2) is 13.5. The second-order valence-corrected chi connectivity index (χ2v) is 7.79. The number of hydrogen-bond donors (Lipinski definition) is 6. The largest absolute Gasteiger partial charge is 0.480 e. The molecular formula is C19H35N5O6. The van der Waals surface area contributed by atoms with Crippen molar-refractivity contribution in [3.05, 3.63) is 0 Å². The van der Waals surface area contributed by atoms with Gasteiger partial charge in [-0.3, -0.25) is 24.0 Å². The van der Waals surface area contributed by atoms with E-state index in [0.717, 1.165) is 0 Å². The topological polar surface area (TPSA) is 194 Å². The van der Waals surface area contributed by atoms with Gasteiger partial charge in [0.25, 0.3) is 0 Å². The van der Waals surface area contributed by atoms with E-state index in [4.69, 9.17) is 16.6 Å². The fourth-order valence-corrected chi connectivity index (χ4v) is 2.68. The minimum absolute atomic E-state index is 0.0642. The predicted molar refractivity (Wildman–Crippen MR) is 110 cm³/mol. The molecule has 172 valence electrons. The monoisotopic (exact) mass is 429 g/mol. The summed E-state index contributed by atoms with van der Waals surface area (Å²) in [5.74, 6) is -3.90. The van der Waals surface area contributed by atoms with Gasteiger partial charge in [0.05, 0.1) is 6.04 Å². The number of primary amides is 1. The number of carboxylic acid groups (broad SMARTS) is 1. The summed E-state index contributed by atoms with van der Waals surface area (Å²) < 4.78 is 0. The average molecular weight is 430 g/mol. The van der Waals surface area contributed by atoms with E-state index in [1.165, 1.54) is 0 Å². The van der Waals surface area contributed by atoms with Crippen LogP contribution in [0.15, 0.2) is 0 Å². The van der Waals surface area contributed by atoms with E-state index in [2.05, 4.69) is 16.0 Å². The summed E-state index contributed by atoms with van der Waals surface area (Å²) in [4.78, 5) is 59.4. The number of hydrogen-bond acceptors (Lipinski definition) is 6. The van der Waals surface area contributed by atoms with Crippen molar-refractivity contribution in [2.45, 2.75) is 71.5 Å². The third kappa shape index (κ3) is 10.7. The van der Waals surface area contributed by atoms with Crippen molar-refractivity contribution in [3.63, 3.8) is 0 Å². The van der Waals surface area contributed by atoms with Gasteiger partial charge < -0.3 is 32.5 Å². The molecule has 11 heteroatoms. The first kappa shape index (κ1) is 27.3. The van der Waals surface area contributed by atoms with E-state index in [0.29, 0.717) is 12.8 Å². The molecule has 0 radical (unpaired) electrons. The number of carbonyl (C=O) groups excluding carboxylic acids is 4. The molecule has 0 aromatic carbocycles. The third-order valence-electron chi connectivity index (χ3n) is 4.58. The van der Waals surface area contributed by atoms with Gasteiger partial charge in [-0.25, -0.2) is 0 Å². The van der Waals surface area contributed by atoms with Crippen LogP contribution in [0.1, 0.15) is 53.4 Å². The van der Waals surface area contributed by atoms with E-state index in [-0.39, 0.29) is 24.7 Å². The Labute approximate surface area is 176 Å². The zero-order valence-corrected chi connectivity index (χ0v) is 18.1. The van der Waals surface area contributed by atoms with E-state index >= 15 is 0 Å². The van der Waals surface area contributed by atoms with Crippen molar-refractivity contribution in [1.29, 1.82) is 0 Å². The number of nitrogens with one attached hydrogen (secondary N) is 3. The van der Waals surface area contributed by atoms with Crippen LogP contribution in [-0.2, 0) is 24.0 Å². The Morgan fingerprint density at radius 3 is 2.03 bits per heavy atom. The number of carboxylic acids is 1. The molecule has 4 amide bonds. The lowest BCUT2D eigenvalue weighted by atomic mass is 9.97. The van der Waals surface area contributed by atoms with Crippen LogP contribution in [0.5, 0.6) is 0 Å². The lowest BCUT2D eigenvalue weighted by Crippen LogP contribution is -2.57. The van der Waals surface area contributed by atoms with Gasteiger partial charge >= 0.3 is 5.97 Å². The molecule has 0 spiro atoms. The molecule has 8 N–H and O–H groups in total. The highest BCUT2D eigenvalue weighted by molar-refractivity contribution is 5.94. The number of rotatable bonds is 14. The Hall–Kier alpha value is -2.69. The van der Waals surface area contributed by atoms with Crippen LogP contribution in [0.2, 0.25) is 0 Å². The lowest BCUT2D eigenvalue weighted by molar-refractivity contribution is -0.139. The number of carbonyl (C=O) groups is 5. The number of amides is 4. The zero-order chi connectivity index (χ0) is 23.4. The molecule has 0 rings (SSSR count). The van der Waals surface area contributed by atoms with Gasteiger partial charge in [0.1, 0.15) is 18.6 Å². The Bertz CT molecular complexity index is 625. The molecule has 0 aliphatic carbocycles. The molecule has 0 bridgehead atoms. The van der Waals surface area contributed by atoms with Crippen LogP contribution in [0.4, 0.5) is 0 Å². The van der Waals surface area contributed by atoms with Crippen LogP contribution in [0, 0.1) is 11.8 Å². The maximum Gasteiger partial charge on any atom is 0.322 e. The maximum atomic E-state index is 12.8. The summed E-state index contributed by atoms with van der Waals surface area (Å²) in [6.07, 6.45) is 0.717. The van der Waals surface area contributed by atoms with Crippen LogP contribution in [0.25, 0.3) is 0 Å². The summed E-state index contributed by atoms with van der Waals surface area (Å²) in [5, 5.41) is 16.0. The quantitative estimate of drug-likeness (QED) is 0.200. The van der Waals surface area contributed by atoms with Crippen LogP contribution in [-0.4, -0.2) is 59.4 Å². The smallest absolute Gasteiger partial charge is 0.322 e. The molecule has 30 heavy (non-hydrogen) atoms. The summed E-state index contributed by atoms with van der Waals surface area (Å²) in [6.45, 7) is 6.74. The lowest BCUT2D eigenvalue weighted by Gasteiger charge is -2.27. The van der Waals surface area contributed by atoms with E-state index < -0.39 is 54.3 Å². The van der Waals surface area contributed by atoms with Crippen molar-refractivity contribution in [1.82, 2.24) is 16.0 Å². The van der Waals surface area contributed by atoms with Crippen molar-refractivity contribution in [3.8, 4) is 0 Å². The van der Waals surface area contributed by atoms with Crippen molar-refractivity contribution in [2.75, 3.05) is 6.54 Å². The van der Waals surface area contributed by atoms with Gasteiger partial charge in [0.2, 0.25) is 23.6 Å². The standard InChI is InChI=1S/C19H35N5O6/c1-5-11(4)16(19(30)22-9-15(26)27)24-18(29)13(6-7-14(21)25)23-17(28)12(20)8-10(2)3/h10-13,16H,5-9,20H2,1-4H3,(H2,21,25)(H,22,30)(H,23,28)(H,24,29)(H,26,27). The predicted octanol–water partition coefficient (Wildman–Crippen LogP) is -1.16. The van der Waals surface area contributed by atoms with Gasteiger partial charge in [-0.15, -0.1) is 0 Å². The highest BCUT2D eigenvalue weighted by atomic mass is 16.4. The summed E-state index contributed by atoms with van der Waals surface area (Å²) in [7, 11) is 0. The molecule has 0 saturated heterocycles. The van der Waals surface area contributed by atoms with Crippen LogP contribution in [0.3, 0.4) is 0 Å². The first-order chi connectivity index (χ1) is 13.9. The van der Waals surface area contributed by atoms with Crippen LogP contribution < -0.4 is 27.4 Å². The Kier molecular flexibility index (Phi) is 12.3. The van der Waals surface area contributed by atoms with E-state index in [1.807, 2.05) is 20.8 Å². The van der Waals surface area contributed by atoms with Gasteiger partial charge in [-0.1, -0.05) is 34.1 Å². The van der Waals surface area contributed by atoms with Gasteiger partial charge in [-0.05, 0) is 24.7 Å². The maximum absolute atomic E-state index is 12.8. The fraction of sp³-hybridized carbons (Fsp3) is 0.737. The first-order valence-corrected chi connectivity index (χ1v) is 10.0. The number of nitrogens with two attached hydrogens (primary N) is 2. The molecule has 4 unspecified atom stereocenters. The summed E-state index contributed by atoms with van der Waals surface area (Å²) >= 11 is 0. The third-order valence-corrected chi connectivity index (χ3v) is 4.58. The molecule has 0 saturated carbocycles. The zero-order valence-electron chi connectivity index (χ0n) is 18.1.